The molecule has 1 aliphatic heterocycles. The summed E-state index contributed by atoms with van der Waals surface area (Å²) in [6.07, 6.45) is 4.10. The highest BCUT2D eigenvalue weighted by Gasteiger charge is 2.43. The maximum Gasteiger partial charge on any atom is 0.330 e. The topological polar surface area (TPSA) is 84.2 Å². The Morgan fingerprint density at radius 2 is 2.09 bits per heavy atom. The standard InChI is InChI=1S/C16H17N3O3S/c1-11-8-17-19(9-11)13-4-2-12(3-5-13)14(20)18-16(15(21)22)6-7-23-10-16/h2-5,8-9H,6-7,10H2,1H3,(H,18,20)(H,21,22). The summed E-state index contributed by atoms with van der Waals surface area (Å²) in [7, 11) is 0. The molecule has 0 aliphatic carbocycles. The number of benzene rings is 1. The van der Waals surface area contributed by atoms with Crippen molar-refractivity contribution in [1.29, 1.82) is 0 Å². The highest BCUT2D eigenvalue weighted by molar-refractivity contribution is 7.99. The largest absolute Gasteiger partial charge is 0.479 e. The number of thioether (sulfide) groups is 1. The first-order valence-electron chi connectivity index (χ1n) is 7.26. The van der Waals surface area contributed by atoms with Crippen molar-refractivity contribution in [3.8, 4) is 5.69 Å². The summed E-state index contributed by atoms with van der Waals surface area (Å²) >= 11 is 1.54. The fourth-order valence-corrected chi connectivity index (χ4v) is 3.82. The van der Waals surface area contributed by atoms with Gasteiger partial charge < -0.3 is 10.4 Å². The second-order valence-corrected chi connectivity index (χ2v) is 6.76. The molecule has 23 heavy (non-hydrogen) atoms. The maximum atomic E-state index is 12.4. The molecule has 2 heterocycles. The van der Waals surface area contributed by atoms with Gasteiger partial charge in [0, 0.05) is 17.5 Å². The van der Waals surface area contributed by atoms with Crippen LogP contribution in [-0.2, 0) is 4.79 Å². The normalized spacial score (nSPS) is 20.4. The van der Waals surface area contributed by atoms with Crippen molar-refractivity contribution in [3.63, 3.8) is 0 Å². The SMILES string of the molecule is Cc1cnn(-c2ccc(C(=O)NC3(C(=O)O)CCSC3)cc2)c1. The van der Waals surface area contributed by atoms with E-state index in [1.807, 2.05) is 13.1 Å². The zero-order chi connectivity index (χ0) is 16.4. The Balaban J connectivity index is 1.76. The average molecular weight is 331 g/mol. The predicted octanol–water partition coefficient (Wildman–Crippen LogP) is 1.87. The summed E-state index contributed by atoms with van der Waals surface area (Å²) in [6, 6.07) is 6.94. The maximum absolute atomic E-state index is 12.4. The van der Waals surface area contributed by atoms with Crippen molar-refractivity contribution >= 4 is 23.6 Å². The number of aromatic nitrogens is 2. The second-order valence-electron chi connectivity index (χ2n) is 5.65. The minimum atomic E-state index is -1.15. The van der Waals surface area contributed by atoms with Crippen LogP contribution in [0.2, 0.25) is 0 Å². The first kappa shape index (κ1) is 15.6. The molecule has 0 bridgehead atoms. The number of carbonyl (C=O) groups excluding carboxylic acids is 1. The van der Waals surface area contributed by atoms with E-state index in [2.05, 4.69) is 10.4 Å². The van der Waals surface area contributed by atoms with Crippen LogP contribution in [0.3, 0.4) is 0 Å². The molecule has 1 aromatic carbocycles. The van der Waals surface area contributed by atoms with Gasteiger partial charge in [-0.1, -0.05) is 0 Å². The van der Waals surface area contributed by atoms with Crippen LogP contribution >= 0.6 is 11.8 Å². The Morgan fingerprint density at radius 3 is 2.61 bits per heavy atom. The molecule has 6 nitrogen and oxygen atoms in total. The van der Waals surface area contributed by atoms with E-state index in [-0.39, 0.29) is 5.91 Å². The van der Waals surface area contributed by atoms with E-state index in [9.17, 15) is 14.7 Å². The fraction of sp³-hybridized carbons (Fsp3) is 0.312. The van der Waals surface area contributed by atoms with Crippen molar-refractivity contribution in [2.24, 2.45) is 0 Å². The first-order valence-corrected chi connectivity index (χ1v) is 8.41. The first-order chi connectivity index (χ1) is 11.0. The van der Waals surface area contributed by atoms with Gasteiger partial charge in [-0.3, -0.25) is 4.79 Å². The van der Waals surface area contributed by atoms with E-state index in [0.717, 1.165) is 17.0 Å². The third kappa shape index (κ3) is 3.10. The predicted molar refractivity (Wildman–Crippen MR) is 88.1 cm³/mol. The molecular weight excluding hydrogens is 314 g/mol. The zero-order valence-corrected chi connectivity index (χ0v) is 13.5. The number of carboxylic acids is 1. The number of carboxylic acid groups (broad SMARTS) is 1. The van der Waals surface area contributed by atoms with E-state index < -0.39 is 11.5 Å². The Bertz CT molecular complexity index is 733. The van der Waals surface area contributed by atoms with Crippen LogP contribution in [0.15, 0.2) is 36.7 Å². The molecule has 0 saturated carbocycles. The second kappa shape index (κ2) is 6.08. The number of nitrogens with zero attached hydrogens (tertiary/aromatic N) is 2. The Hall–Kier alpha value is -2.28. The number of aliphatic carboxylic acids is 1. The minimum Gasteiger partial charge on any atom is -0.479 e. The van der Waals surface area contributed by atoms with Crippen molar-refractivity contribution < 1.29 is 14.7 Å². The van der Waals surface area contributed by atoms with Crippen molar-refractivity contribution in [2.75, 3.05) is 11.5 Å². The molecule has 7 heteroatoms. The lowest BCUT2D eigenvalue weighted by atomic mass is 9.98. The van der Waals surface area contributed by atoms with Gasteiger partial charge in [-0.15, -0.1) is 0 Å². The molecule has 0 spiro atoms. The number of carbonyl (C=O) groups is 2. The average Bonchev–Trinajstić information content (AvgIpc) is 3.17. The summed E-state index contributed by atoms with van der Waals surface area (Å²) in [5.41, 5.74) is 1.18. The van der Waals surface area contributed by atoms with Crippen LogP contribution in [0.5, 0.6) is 0 Å². The molecule has 1 unspecified atom stereocenters. The van der Waals surface area contributed by atoms with Gasteiger partial charge >= 0.3 is 5.97 Å². The van der Waals surface area contributed by atoms with Gasteiger partial charge in [0.25, 0.3) is 5.91 Å². The van der Waals surface area contributed by atoms with Crippen LogP contribution in [0.1, 0.15) is 22.3 Å². The Kier molecular flexibility index (Phi) is 4.12. The smallest absolute Gasteiger partial charge is 0.330 e. The molecule has 1 aliphatic rings. The van der Waals surface area contributed by atoms with Gasteiger partial charge in [0.05, 0.1) is 11.9 Å². The van der Waals surface area contributed by atoms with Crippen molar-refractivity contribution in [1.82, 2.24) is 15.1 Å². The van der Waals surface area contributed by atoms with Gasteiger partial charge in [0.1, 0.15) is 5.54 Å². The Labute approximate surface area is 137 Å². The monoisotopic (exact) mass is 331 g/mol. The number of hydrogen-bond acceptors (Lipinski definition) is 4. The zero-order valence-electron chi connectivity index (χ0n) is 12.7. The van der Waals surface area contributed by atoms with Crippen LogP contribution in [0.4, 0.5) is 0 Å². The highest BCUT2D eigenvalue weighted by Crippen LogP contribution is 2.28. The van der Waals surface area contributed by atoms with Crippen LogP contribution < -0.4 is 5.32 Å². The molecule has 2 N–H and O–H groups in total. The van der Waals surface area contributed by atoms with Crippen LogP contribution in [0, 0.1) is 6.92 Å². The lowest BCUT2D eigenvalue weighted by Crippen LogP contribution is -2.54. The fourth-order valence-electron chi connectivity index (χ4n) is 2.49. The molecule has 1 saturated heterocycles. The molecule has 1 amide bonds. The number of aryl methyl sites for hydroxylation is 1. The number of hydrogen-bond donors (Lipinski definition) is 2. The molecular formula is C16H17N3O3S. The summed E-state index contributed by atoms with van der Waals surface area (Å²) < 4.78 is 1.73. The van der Waals surface area contributed by atoms with E-state index in [0.29, 0.717) is 17.7 Å². The van der Waals surface area contributed by atoms with Gasteiger partial charge in [-0.2, -0.15) is 16.9 Å². The van der Waals surface area contributed by atoms with E-state index >= 15 is 0 Å². The van der Waals surface area contributed by atoms with Crippen LogP contribution in [0.25, 0.3) is 5.69 Å². The number of amides is 1. The Morgan fingerprint density at radius 1 is 1.35 bits per heavy atom. The summed E-state index contributed by atoms with van der Waals surface area (Å²) in [5, 5.41) is 16.3. The van der Waals surface area contributed by atoms with Gasteiger partial charge in [0.15, 0.2) is 0 Å². The van der Waals surface area contributed by atoms with E-state index in [1.54, 1.807) is 46.9 Å². The molecule has 0 radical (unpaired) electrons. The van der Waals surface area contributed by atoms with Crippen molar-refractivity contribution in [2.45, 2.75) is 18.9 Å². The summed E-state index contributed by atoms with van der Waals surface area (Å²) in [4.78, 5) is 23.8. The van der Waals surface area contributed by atoms with E-state index in [4.69, 9.17) is 0 Å². The lowest BCUT2D eigenvalue weighted by molar-refractivity contribution is -0.143. The highest BCUT2D eigenvalue weighted by atomic mass is 32.2. The third-order valence-corrected chi connectivity index (χ3v) is 5.08. The van der Waals surface area contributed by atoms with Crippen LogP contribution in [-0.4, -0.2) is 43.8 Å². The molecule has 1 fully saturated rings. The molecule has 3 rings (SSSR count). The van der Waals surface area contributed by atoms with Gasteiger partial charge in [-0.05, 0) is 48.9 Å². The van der Waals surface area contributed by atoms with E-state index in [1.165, 1.54) is 0 Å². The molecule has 2 aromatic rings. The molecule has 1 atom stereocenters. The number of nitrogens with one attached hydrogen (secondary N) is 1. The summed E-state index contributed by atoms with van der Waals surface area (Å²) in [5.74, 6) is -0.194. The third-order valence-electron chi connectivity index (χ3n) is 3.89. The quantitative estimate of drug-likeness (QED) is 0.893. The molecule has 1 aromatic heterocycles. The van der Waals surface area contributed by atoms with Crippen molar-refractivity contribution in [3.05, 3.63) is 47.8 Å². The number of rotatable bonds is 4. The van der Waals surface area contributed by atoms with Gasteiger partial charge in [-0.25, -0.2) is 9.48 Å². The van der Waals surface area contributed by atoms with Gasteiger partial charge in [0.2, 0.25) is 0 Å². The molecule has 120 valence electrons. The minimum absolute atomic E-state index is 0.363. The lowest BCUT2D eigenvalue weighted by Gasteiger charge is -2.24. The summed E-state index contributed by atoms with van der Waals surface area (Å²) in [6.45, 7) is 1.95.